The number of anilines is 1. The molecule has 0 aliphatic rings. The van der Waals surface area contributed by atoms with Gasteiger partial charge in [0.05, 0.1) is 12.5 Å². The van der Waals surface area contributed by atoms with Gasteiger partial charge in [-0.15, -0.1) is 0 Å². The quantitative estimate of drug-likeness (QED) is 0.879. The number of hydrogen-bond donors (Lipinski definition) is 1. The van der Waals surface area contributed by atoms with Crippen LogP contribution in [0.4, 0.5) is 5.69 Å². The maximum absolute atomic E-state index is 8.46. The summed E-state index contributed by atoms with van der Waals surface area (Å²) in [6.45, 7) is 1.99. The summed E-state index contributed by atoms with van der Waals surface area (Å²) < 4.78 is 1.06. The Morgan fingerprint density at radius 1 is 1.46 bits per heavy atom. The van der Waals surface area contributed by atoms with Crippen LogP contribution in [-0.2, 0) is 0 Å². The Balaban J connectivity index is 2.55. The zero-order chi connectivity index (χ0) is 9.68. The summed E-state index contributed by atoms with van der Waals surface area (Å²) in [7, 11) is 0. The van der Waals surface area contributed by atoms with Crippen molar-refractivity contribution in [1.82, 2.24) is 0 Å². The molecule has 0 bridgehead atoms. The van der Waals surface area contributed by atoms with Crippen LogP contribution < -0.4 is 5.32 Å². The van der Waals surface area contributed by atoms with Crippen molar-refractivity contribution < 1.29 is 0 Å². The van der Waals surface area contributed by atoms with E-state index in [4.69, 9.17) is 5.26 Å². The molecule has 13 heavy (non-hydrogen) atoms. The summed E-state index contributed by atoms with van der Waals surface area (Å²) in [5, 5.41) is 11.7. The van der Waals surface area contributed by atoms with Gasteiger partial charge in [-0.2, -0.15) is 5.26 Å². The maximum atomic E-state index is 8.46. The molecule has 1 rings (SSSR count). The minimum atomic E-state index is 0.200. The lowest BCUT2D eigenvalue weighted by atomic mass is 10.2. The molecule has 0 fully saturated rings. The summed E-state index contributed by atoms with van der Waals surface area (Å²) in [5.41, 5.74) is 1.05. The van der Waals surface area contributed by atoms with E-state index in [-0.39, 0.29) is 6.04 Å². The molecule has 0 amide bonds. The third-order valence-electron chi connectivity index (χ3n) is 1.65. The molecule has 0 saturated carbocycles. The highest BCUT2D eigenvalue weighted by molar-refractivity contribution is 9.10. The highest BCUT2D eigenvalue weighted by Crippen LogP contribution is 2.15. The molecular formula is C10H11BrN2. The first-order valence-corrected chi connectivity index (χ1v) is 4.90. The Hall–Kier alpha value is -1.01. The number of halogens is 1. The topological polar surface area (TPSA) is 35.8 Å². The van der Waals surface area contributed by atoms with E-state index in [1.165, 1.54) is 0 Å². The molecule has 0 radical (unpaired) electrons. The van der Waals surface area contributed by atoms with Gasteiger partial charge in [-0.05, 0) is 31.2 Å². The molecule has 3 heteroatoms. The number of nitrogens with one attached hydrogen (secondary N) is 1. The molecule has 68 valence electrons. The summed E-state index contributed by atoms with van der Waals surface area (Å²) in [6, 6.07) is 10.2. The van der Waals surface area contributed by atoms with Gasteiger partial charge in [0.25, 0.3) is 0 Å². The molecule has 1 atom stereocenters. The predicted octanol–water partition coefficient (Wildman–Crippen LogP) is 3.16. The van der Waals surface area contributed by atoms with Crippen molar-refractivity contribution >= 4 is 21.6 Å². The SMILES string of the molecule is CC(CC#N)Nc1ccc(Br)cc1. The number of rotatable bonds is 3. The van der Waals surface area contributed by atoms with Crippen LogP contribution in [-0.4, -0.2) is 6.04 Å². The first-order valence-electron chi connectivity index (χ1n) is 4.11. The van der Waals surface area contributed by atoms with Gasteiger partial charge in [0.15, 0.2) is 0 Å². The van der Waals surface area contributed by atoms with E-state index >= 15 is 0 Å². The average Bonchev–Trinajstić information content (AvgIpc) is 2.09. The zero-order valence-electron chi connectivity index (χ0n) is 7.42. The number of nitriles is 1. The van der Waals surface area contributed by atoms with Crippen LogP contribution in [0.5, 0.6) is 0 Å². The molecule has 1 N–H and O–H groups in total. The van der Waals surface area contributed by atoms with E-state index in [9.17, 15) is 0 Å². The fourth-order valence-corrected chi connectivity index (χ4v) is 1.28. The maximum Gasteiger partial charge on any atom is 0.0643 e. The van der Waals surface area contributed by atoms with Crippen molar-refractivity contribution in [2.45, 2.75) is 19.4 Å². The second kappa shape index (κ2) is 4.88. The fraction of sp³-hybridized carbons (Fsp3) is 0.300. The van der Waals surface area contributed by atoms with Gasteiger partial charge in [0.1, 0.15) is 0 Å². The van der Waals surface area contributed by atoms with Crippen LogP contribution in [0.15, 0.2) is 28.7 Å². The smallest absolute Gasteiger partial charge is 0.0643 e. The number of benzene rings is 1. The summed E-state index contributed by atoms with van der Waals surface area (Å²) in [5.74, 6) is 0. The highest BCUT2D eigenvalue weighted by atomic mass is 79.9. The predicted molar refractivity (Wildman–Crippen MR) is 57.5 cm³/mol. The summed E-state index contributed by atoms with van der Waals surface area (Å²) >= 11 is 3.36. The van der Waals surface area contributed by atoms with Gasteiger partial charge in [-0.3, -0.25) is 0 Å². The third-order valence-corrected chi connectivity index (χ3v) is 2.18. The van der Waals surface area contributed by atoms with E-state index in [2.05, 4.69) is 27.3 Å². The highest BCUT2D eigenvalue weighted by Gasteiger charge is 1.99. The van der Waals surface area contributed by atoms with Gasteiger partial charge in [-0.25, -0.2) is 0 Å². The minimum Gasteiger partial charge on any atom is -0.382 e. The van der Waals surface area contributed by atoms with Crippen LogP contribution >= 0.6 is 15.9 Å². The first kappa shape index (κ1) is 10.1. The summed E-state index contributed by atoms with van der Waals surface area (Å²) in [4.78, 5) is 0. The van der Waals surface area contributed by atoms with Gasteiger partial charge >= 0.3 is 0 Å². The van der Waals surface area contributed by atoms with Gasteiger partial charge in [0.2, 0.25) is 0 Å². The Labute approximate surface area is 86.7 Å². The number of nitrogens with zero attached hydrogens (tertiary/aromatic N) is 1. The molecule has 1 unspecified atom stereocenters. The van der Waals surface area contributed by atoms with E-state index in [1.807, 2.05) is 31.2 Å². The van der Waals surface area contributed by atoms with Crippen molar-refractivity contribution in [2.75, 3.05) is 5.32 Å². The van der Waals surface area contributed by atoms with E-state index in [0.717, 1.165) is 10.2 Å². The van der Waals surface area contributed by atoms with Crippen LogP contribution in [0.2, 0.25) is 0 Å². The van der Waals surface area contributed by atoms with Crippen LogP contribution in [0.1, 0.15) is 13.3 Å². The molecule has 1 aromatic carbocycles. The largest absolute Gasteiger partial charge is 0.382 e. The first-order chi connectivity index (χ1) is 6.22. The van der Waals surface area contributed by atoms with Gasteiger partial charge in [0, 0.05) is 16.2 Å². The molecule has 2 nitrogen and oxygen atoms in total. The number of hydrogen-bond acceptors (Lipinski definition) is 2. The lowest BCUT2D eigenvalue weighted by Gasteiger charge is -2.11. The lowest BCUT2D eigenvalue weighted by Crippen LogP contribution is -2.13. The molecular weight excluding hydrogens is 228 g/mol. The van der Waals surface area contributed by atoms with E-state index in [0.29, 0.717) is 6.42 Å². The molecule has 0 aromatic heterocycles. The van der Waals surface area contributed by atoms with Crippen molar-refractivity contribution in [3.63, 3.8) is 0 Å². The standard InChI is InChI=1S/C10H11BrN2/c1-8(6-7-12)13-10-4-2-9(11)3-5-10/h2-5,8,13H,6H2,1H3. The van der Waals surface area contributed by atoms with Crippen LogP contribution in [0.25, 0.3) is 0 Å². The molecule has 0 saturated heterocycles. The zero-order valence-corrected chi connectivity index (χ0v) is 9.01. The van der Waals surface area contributed by atoms with Crippen molar-refractivity contribution in [2.24, 2.45) is 0 Å². The van der Waals surface area contributed by atoms with Crippen molar-refractivity contribution in [3.05, 3.63) is 28.7 Å². The average molecular weight is 239 g/mol. The normalized spacial score (nSPS) is 11.8. The molecule has 1 aromatic rings. The fourth-order valence-electron chi connectivity index (χ4n) is 1.02. The summed E-state index contributed by atoms with van der Waals surface area (Å²) in [6.07, 6.45) is 0.524. The molecule has 0 spiro atoms. The second-order valence-corrected chi connectivity index (χ2v) is 3.83. The Morgan fingerprint density at radius 2 is 2.08 bits per heavy atom. The van der Waals surface area contributed by atoms with Gasteiger partial charge < -0.3 is 5.32 Å². The molecule has 0 heterocycles. The van der Waals surface area contributed by atoms with E-state index < -0.39 is 0 Å². The van der Waals surface area contributed by atoms with E-state index in [1.54, 1.807) is 0 Å². The van der Waals surface area contributed by atoms with Gasteiger partial charge in [-0.1, -0.05) is 15.9 Å². The molecule has 0 aliphatic heterocycles. The Morgan fingerprint density at radius 3 is 2.62 bits per heavy atom. The lowest BCUT2D eigenvalue weighted by molar-refractivity contribution is 0.821. The molecule has 0 aliphatic carbocycles. The minimum absolute atomic E-state index is 0.200. The van der Waals surface area contributed by atoms with Crippen molar-refractivity contribution in [1.29, 1.82) is 5.26 Å². The Bertz CT molecular complexity index is 300. The van der Waals surface area contributed by atoms with Crippen LogP contribution in [0.3, 0.4) is 0 Å². The Kier molecular flexibility index (Phi) is 3.78. The second-order valence-electron chi connectivity index (χ2n) is 2.91. The third kappa shape index (κ3) is 3.47. The van der Waals surface area contributed by atoms with Crippen LogP contribution in [0, 0.1) is 11.3 Å². The monoisotopic (exact) mass is 238 g/mol. The van der Waals surface area contributed by atoms with Crippen molar-refractivity contribution in [3.8, 4) is 6.07 Å².